The van der Waals surface area contributed by atoms with Gasteiger partial charge in [-0.05, 0) is 74.2 Å². The van der Waals surface area contributed by atoms with Crippen LogP contribution in [0.25, 0.3) is 0 Å². The van der Waals surface area contributed by atoms with Crippen LogP contribution in [0.1, 0.15) is 61.8 Å². The first-order chi connectivity index (χ1) is 20.0. The van der Waals surface area contributed by atoms with Crippen LogP contribution in [0.3, 0.4) is 0 Å². The first-order valence-corrected chi connectivity index (χ1v) is 13.6. The van der Waals surface area contributed by atoms with Crippen molar-refractivity contribution >= 4 is 29.0 Å². The lowest BCUT2D eigenvalue weighted by Gasteiger charge is -2.39. The number of ketones is 1. The van der Waals surface area contributed by atoms with Gasteiger partial charge in [0.1, 0.15) is 5.92 Å². The number of anilines is 2. The Hall–Kier alpha value is -4.71. The SMILES string of the molecule is CCCCc1ccccc1NC(=O)C1C(=O)N(c2cccc(C(F)(F)F)c2)C(C)=C(C(C)=O)C1c1ccc(C#N)cc1. The summed E-state index contributed by atoms with van der Waals surface area (Å²) in [6.45, 7) is 4.83. The molecule has 1 N–H and O–H groups in total. The lowest BCUT2D eigenvalue weighted by molar-refractivity contribution is -0.138. The normalized spacial score (nSPS) is 17.2. The summed E-state index contributed by atoms with van der Waals surface area (Å²) in [5.41, 5.74) is 1.38. The molecule has 0 saturated heterocycles. The molecule has 0 radical (unpaired) electrons. The molecule has 216 valence electrons. The van der Waals surface area contributed by atoms with Crippen molar-refractivity contribution < 1.29 is 27.6 Å². The van der Waals surface area contributed by atoms with Crippen LogP contribution in [0.15, 0.2) is 84.1 Å². The largest absolute Gasteiger partial charge is 0.416 e. The Kier molecular flexibility index (Phi) is 8.96. The van der Waals surface area contributed by atoms with Gasteiger partial charge < -0.3 is 5.32 Å². The number of halogens is 3. The molecule has 0 aromatic heterocycles. The first-order valence-electron chi connectivity index (χ1n) is 13.6. The fourth-order valence-corrected chi connectivity index (χ4v) is 5.40. The van der Waals surface area contributed by atoms with Crippen LogP contribution in [0.4, 0.5) is 24.5 Å². The Balaban J connectivity index is 1.90. The van der Waals surface area contributed by atoms with E-state index in [4.69, 9.17) is 0 Å². The fourth-order valence-electron chi connectivity index (χ4n) is 5.40. The number of nitrogens with zero attached hydrogens (tertiary/aromatic N) is 2. The van der Waals surface area contributed by atoms with Crippen molar-refractivity contribution in [1.82, 2.24) is 0 Å². The van der Waals surface area contributed by atoms with Crippen LogP contribution in [-0.2, 0) is 27.0 Å². The number of hydrogen-bond acceptors (Lipinski definition) is 4. The Morgan fingerprint density at radius 2 is 1.71 bits per heavy atom. The Morgan fingerprint density at radius 1 is 1.02 bits per heavy atom. The number of nitrogens with one attached hydrogen (secondary N) is 1. The van der Waals surface area contributed by atoms with E-state index in [0.717, 1.165) is 35.4 Å². The molecular formula is C33H30F3N3O3. The molecule has 0 aliphatic carbocycles. The number of unbranched alkanes of at least 4 members (excludes halogenated alkanes) is 1. The van der Waals surface area contributed by atoms with Gasteiger partial charge in [0.25, 0.3) is 0 Å². The minimum absolute atomic E-state index is 0.106. The first kappa shape index (κ1) is 30.3. The van der Waals surface area contributed by atoms with Gasteiger partial charge in [-0.1, -0.05) is 49.7 Å². The molecule has 2 amide bonds. The molecule has 6 nitrogen and oxygen atoms in total. The van der Waals surface area contributed by atoms with Gasteiger partial charge in [-0.15, -0.1) is 0 Å². The smallest absolute Gasteiger partial charge is 0.325 e. The molecule has 1 aliphatic heterocycles. The van der Waals surface area contributed by atoms with E-state index in [9.17, 15) is 32.8 Å². The highest BCUT2D eigenvalue weighted by atomic mass is 19.4. The molecule has 0 fully saturated rings. The number of aryl methyl sites for hydroxylation is 1. The zero-order valence-electron chi connectivity index (χ0n) is 23.5. The van der Waals surface area contributed by atoms with Gasteiger partial charge in [0.05, 0.1) is 17.2 Å². The zero-order valence-corrected chi connectivity index (χ0v) is 23.5. The number of hydrogen-bond donors (Lipinski definition) is 1. The molecule has 0 spiro atoms. The van der Waals surface area contributed by atoms with Crippen LogP contribution < -0.4 is 10.2 Å². The topological polar surface area (TPSA) is 90.3 Å². The molecule has 9 heteroatoms. The van der Waals surface area contributed by atoms with Crippen LogP contribution in [0.5, 0.6) is 0 Å². The maximum Gasteiger partial charge on any atom is 0.416 e. The summed E-state index contributed by atoms with van der Waals surface area (Å²) in [5.74, 6) is -4.43. The number of carbonyl (C=O) groups is 3. The van der Waals surface area contributed by atoms with Gasteiger partial charge >= 0.3 is 6.18 Å². The molecule has 42 heavy (non-hydrogen) atoms. The van der Waals surface area contributed by atoms with E-state index >= 15 is 0 Å². The number of carbonyl (C=O) groups excluding carboxylic acids is 3. The van der Waals surface area contributed by atoms with E-state index in [1.54, 1.807) is 24.3 Å². The molecular weight excluding hydrogens is 543 g/mol. The van der Waals surface area contributed by atoms with Gasteiger partial charge in [-0.2, -0.15) is 18.4 Å². The van der Waals surface area contributed by atoms with Crippen molar-refractivity contribution in [3.05, 3.63) is 106 Å². The van der Waals surface area contributed by atoms with Crippen LogP contribution in [0, 0.1) is 17.2 Å². The molecule has 3 aromatic carbocycles. The van der Waals surface area contributed by atoms with Crippen molar-refractivity contribution in [2.75, 3.05) is 10.2 Å². The van der Waals surface area contributed by atoms with E-state index in [0.29, 0.717) is 23.2 Å². The number of para-hydroxylation sites is 1. The minimum Gasteiger partial charge on any atom is -0.325 e. The third-order valence-corrected chi connectivity index (χ3v) is 7.42. The maximum atomic E-state index is 14.2. The van der Waals surface area contributed by atoms with E-state index in [2.05, 4.69) is 5.32 Å². The summed E-state index contributed by atoms with van der Waals surface area (Å²) >= 11 is 0. The van der Waals surface area contributed by atoms with E-state index in [1.807, 2.05) is 25.1 Å². The molecule has 0 bridgehead atoms. The van der Waals surface area contributed by atoms with Gasteiger partial charge in [-0.25, -0.2) is 0 Å². The third kappa shape index (κ3) is 6.13. The van der Waals surface area contributed by atoms with Gasteiger partial charge in [0.15, 0.2) is 5.78 Å². The summed E-state index contributed by atoms with van der Waals surface area (Å²) in [7, 11) is 0. The highest BCUT2D eigenvalue weighted by Crippen LogP contribution is 2.44. The van der Waals surface area contributed by atoms with Crippen molar-refractivity contribution in [1.29, 1.82) is 5.26 Å². The lowest BCUT2D eigenvalue weighted by atomic mass is 9.74. The average Bonchev–Trinajstić information content (AvgIpc) is 2.96. The number of rotatable bonds is 8. The third-order valence-electron chi connectivity index (χ3n) is 7.42. The molecule has 2 unspecified atom stereocenters. The second-order valence-corrected chi connectivity index (χ2v) is 10.2. The van der Waals surface area contributed by atoms with E-state index < -0.39 is 41.2 Å². The van der Waals surface area contributed by atoms with Gasteiger partial charge in [0.2, 0.25) is 11.8 Å². The highest BCUT2D eigenvalue weighted by molar-refractivity contribution is 6.17. The van der Waals surface area contributed by atoms with Crippen LogP contribution in [0.2, 0.25) is 0 Å². The fraction of sp³-hybridized carbons (Fsp3) is 0.273. The maximum absolute atomic E-state index is 14.2. The molecule has 2 atom stereocenters. The van der Waals surface area contributed by atoms with Crippen molar-refractivity contribution in [3.8, 4) is 6.07 Å². The molecule has 4 rings (SSSR count). The lowest BCUT2D eigenvalue weighted by Crippen LogP contribution is -2.49. The number of benzene rings is 3. The number of amides is 2. The summed E-state index contributed by atoms with van der Waals surface area (Å²) in [5, 5.41) is 12.1. The predicted molar refractivity (Wildman–Crippen MR) is 153 cm³/mol. The molecule has 3 aromatic rings. The Labute approximate surface area is 242 Å². The minimum atomic E-state index is -4.67. The van der Waals surface area contributed by atoms with Gasteiger partial charge in [0, 0.05) is 28.6 Å². The zero-order chi connectivity index (χ0) is 30.6. The predicted octanol–water partition coefficient (Wildman–Crippen LogP) is 7.17. The number of Topliss-reactive ketones (excluding diaryl/α,β-unsaturated/α-hetero) is 1. The second-order valence-electron chi connectivity index (χ2n) is 10.2. The van der Waals surface area contributed by atoms with E-state index in [-0.39, 0.29) is 17.0 Å². The van der Waals surface area contributed by atoms with E-state index in [1.165, 1.54) is 38.1 Å². The monoisotopic (exact) mass is 573 g/mol. The molecule has 1 heterocycles. The summed E-state index contributed by atoms with van der Waals surface area (Å²) in [6.07, 6.45) is -2.16. The molecule has 1 aliphatic rings. The molecule has 0 saturated carbocycles. The van der Waals surface area contributed by atoms with Crippen molar-refractivity contribution in [2.45, 2.75) is 52.1 Å². The second kappa shape index (κ2) is 12.4. The highest BCUT2D eigenvalue weighted by Gasteiger charge is 2.47. The number of nitriles is 1. The number of alkyl halides is 3. The number of allylic oxidation sites excluding steroid dienone is 2. The average molecular weight is 574 g/mol. The summed E-state index contributed by atoms with van der Waals surface area (Å²) < 4.78 is 40.8. The summed E-state index contributed by atoms with van der Waals surface area (Å²) in [6, 6.07) is 19.7. The van der Waals surface area contributed by atoms with Crippen molar-refractivity contribution in [3.63, 3.8) is 0 Å². The van der Waals surface area contributed by atoms with Crippen molar-refractivity contribution in [2.24, 2.45) is 5.92 Å². The Morgan fingerprint density at radius 3 is 2.33 bits per heavy atom. The van der Waals surface area contributed by atoms with Crippen LogP contribution in [-0.4, -0.2) is 17.6 Å². The van der Waals surface area contributed by atoms with Gasteiger partial charge in [-0.3, -0.25) is 19.3 Å². The van der Waals surface area contributed by atoms with Crippen LogP contribution >= 0.6 is 0 Å². The quantitative estimate of drug-likeness (QED) is 0.289. The summed E-state index contributed by atoms with van der Waals surface area (Å²) in [4.78, 5) is 42.5. The standard InChI is InChI=1S/C33H30F3N3O3/c1-4-5-9-23-10-6-7-13-27(23)38-31(41)30-29(24-16-14-22(19-37)15-17-24)28(21(3)40)20(2)39(32(30)42)26-12-8-11-25(18-26)33(34,35)36/h6-8,10-18,29-30H,4-5,9H2,1-3H3,(H,38,41). The Bertz CT molecular complexity index is 1590.